The zero-order chi connectivity index (χ0) is 12.8. The maximum Gasteiger partial charge on any atom is 0.167 e. The molecule has 0 saturated heterocycles. The molecule has 0 saturated carbocycles. The number of rotatable bonds is 1. The Morgan fingerprint density at radius 3 is 2.47 bits per heavy atom. The molecular formula is C13H18FN3. The van der Waals surface area contributed by atoms with Crippen LogP contribution in [0.5, 0.6) is 0 Å². The summed E-state index contributed by atoms with van der Waals surface area (Å²) < 4.78 is 16.1. The fraction of sp³-hybridized carbons (Fsp3) is 0.538. The molecule has 0 aliphatic carbocycles. The van der Waals surface area contributed by atoms with Gasteiger partial charge in [0.05, 0.1) is 17.6 Å². The quantitative estimate of drug-likeness (QED) is 0.759. The second-order valence-corrected chi connectivity index (χ2v) is 5.67. The van der Waals surface area contributed by atoms with E-state index in [0.29, 0.717) is 17.0 Å². The Bertz CT molecular complexity index is 550. The van der Waals surface area contributed by atoms with Crippen molar-refractivity contribution in [3.8, 4) is 0 Å². The highest BCUT2D eigenvalue weighted by molar-refractivity contribution is 5.41. The van der Waals surface area contributed by atoms with Crippen LogP contribution >= 0.6 is 0 Å². The molecule has 0 spiro atoms. The van der Waals surface area contributed by atoms with Gasteiger partial charge in [-0.1, -0.05) is 34.6 Å². The molecule has 92 valence electrons. The molecule has 2 aromatic rings. The molecule has 0 amide bonds. The van der Waals surface area contributed by atoms with Crippen molar-refractivity contribution in [2.75, 3.05) is 0 Å². The average molecular weight is 235 g/mol. The van der Waals surface area contributed by atoms with E-state index in [0.717, 1.165) is 0 Å². The molecule has 0 atom stereocenters. The number of fused-ring (bicyclic) bond motifs is 1. The molecule has 0 unspecified atom stereocenters. The summed E-state index contributed by atoms with van der Waals surface area (Å²) in [7, 11) is 0. The molecule has 0 aromatic carbocycles. The molecular weight excluding hydrogens is 217 g/mol. The molecule has 17 heavy (non-hydrogen) atoms. The van der Waals surface area contributed by atoms with Crippen molar-refractivity contribution in [1.29, 1.82) is 0 Å². The Balaban J connectivity index is 2.84. The fourth-order valence-corrected chi connectivity index (χ4v) is 1.94. The van der Waals surface area contributed by atoms with Crippen LogP contribution in [0.25, 0.3) is 5.65 Å². The van der Waals surface area contributed by atoms with Gasteiger partial charge in [-0.2, -0.15) is 5.10 Å². The van der Waals surface area contributed by atoms with Crippen molar-refractivity contribution < 1.29 is 4.39 Å². The molecule has 0 N–H and O–H groups in total. The summed E-state index contributed by atoms with van der Waals surface area (Å²) in [4.78, 5) is 4.37. The van der Waals surface area contributed by atoms with E-state index >= 15 is 0 Å². The van der Waals surface area contributed by atoms with Gasteiger partial charge >= 0.3 is 0 Å². The van der Waals surface area contributed by atoms with E-state index in [1.807, 2.05) is 34.6 Å². The van der Waals surface area contributed by atoms with Crippen LogP contribution in [0.2, 0.25) is 0 Å². The van der Waals surface area contributed by atoms with Crippen LogP contribution in [0.4, 0.5) is 4.39 Å². The van der Waals surface area contributed by atoms with E-state index in [4.69, 9.17) is 0 Å². The summed E-state index contributed by atoms with van der Waals surface area (Å²) in [6.07, 6.45) is 1.65. The average Bonchev–Trinajstić information content (AvgIpc) is 2.61. The van der Waals surface area contributed by atoms with Gasteiger partial charge in [-0.15, -0.1) is 0 Å². The highest BCUT2D eigenvalue weighted by Crippen LogP contribution is 2.28. The van der Waals surface area contributed by atoms with Crippen molar-refractivity contribution in [1.82, 2.24) is 14.6 Å². The second-order valence-electron chi connectivity index (χ2n) is 5.67. The van der Waals surface area contributed by atoms with Gasteiger partial charge in [-0.05, 0) is 5.92 Å². The van der Waals surface area contributed by atoms with Crippen molar-refractivity contribution in [3.05, 3.63) is 29.5 Å². The van der Waals surface area contributed by atoms with Crippen LogP contribution in [0, 0.1) is 5.82 Å². The van der Waals surface area contributed by atoms with E-state index in [2.05, 4.69) is 10.1 Å². The summed E-state index contributed by atoms with van der Waals surface area (Å²) in [6.45, 7) is 9.83. The summed E-state index contributed by atoms with van der Waals surface area (Å²) in [5.41, 5.74) is 1.51. The van der Waals surface area contributed by atoms with Gasteiger partial charge in [-0.3, -0.25) is 0 Å². The molecule has 0 radical (unpaired) electrons. The molecule has 0 fully saturated rings. The Morgan fingerprint density at radius 1 is 1.29 bits per heavy atom. The minimum Gasteiger partial charge on any atom is -0.230 e. The molecule has 2 heterocycles. The predicted molar refractivity (Wildman–Crippen MR) is 65.7 cm³/mol. The first-order valence-corrected chi connectivity index (χ1v) is 5.86. The third-order valence-electron chi connectivity index (χ3n) is 2.77. The predicted octanol–water partition coefficient (Wildman–Crippen LogP) is 3.29. The van der Waals surface area contributed by atoms with Gasteiger partial charge in [0.15, 0.2) is 11.5 Å². The normalized spacial score (nSPS) is 12.6. The minimum absolute atomic E-state index is 0.0708. The number of aromatic nitrogens is 3. The lowest BCUT2D eigenvalue weighted by atomic mass is 9.90. The van der Waals surface area contributed by atoms with Gasteiger partial charge in [0.25, 0.3) is 0 Å². The van der Waals surface area contributed by atoms with Crippen molar-refractivity contribution in [2.45, 2.75) is 46.0 Å². The molecule has 3 nitrogen and oxygen atoms in total. The maximum atomic E-state index is 14.5. The lowest BCUT2D eigenvalue weighted by molar-refractivity contribution is 0.479. The summed E-state index contributed by atoms with van der Waals surface area (Å²) in [6, 6.07) is 1.81. The van der Waals surface area contributed by atoms with Gasteiger partial charge in [0, 0.05) is 11.5 Å². The first-order valence-electron chi connectivity index (χ1n) is 5.86. The monoisotopic (exact) mass is 235 g/mol. The zero-order valence-corrected chi connectivity index (χ0v) is 11.0. The fourth-order valence-electron chi connectivity index (χ4n) is 1.94. The Kier molecular flexibility index (Phi) is 2.68. The maximum absolute atomic E-state index is 14.5. The molecule has 2 aromatic heterocycles. The highest BCUT2D eigenvalue weighted by Gasteiger charge is 2.26. The number of halogens is 1. The number of hydrogen-bond donors (Lipinski definition) is 0. The van der Waals surface area contributed by atoms with Crippen LogP contribution in [-0.4, -0.2) is 14.6 Å². The van der Waals surface area contributed by atoms with E-state index in [1.165, 1.54) is 0 Å². The first-order chi connectivity index (χ1) is 7.82. The van der Waals surface area contributed by atoms with E-state index < -0.39 is 0 Å². The number of nitrogens with zero attached hydrogens (tertiary/aromatic N) is 3. The largest absolute Gasteiger partial charge is 0.230 e. The highest BCUT2D eigenvalue weighted by atomic mass is 19.1. The van der Waals surface area contributed by atoms with Gasteiger partial charge in [0.1, 0.15) is 0 Å². The number of hydrogen-bond acceptors (Lipinski definition) is 2. The molecule has 0 bridgehead atoms. The first kappa shape index (κ1) is 12.0. The van der Waals surface area contributed by atoms with E-state index in [1.54, 1.807) is 16.8 Å². The Hall–Kier alpha value is -1.45. The van der Waals surface area contributed by atoms with Crippen LogP contribution in [0.3, 0.4) is 0 Å². The summed E-state index contributed by atoms with van der Waals surface area (Å²) >= 11 is 0. The SMILES string of the molecule is CC(C)c1c(F)c(C(C)(C)C)nc2ccnn12. The third-order valence-corrected chi connectivity index (χ3v) is 2.77. The third kappa shape index (κ3) is 1.92. The lowest BCUT2D eigenvalue weighted by Gasteiger charge is -2.21. The van der Waals surface area contributed by atoms with Gasteiger partial charge in [-0.25, -0.2) is 13.9 Å². The Labute approximate surface area is 101 Å². The minimum atomic E-state index is -0.306. The molecule has 0 aliphatic rings. The van der Waals surface area contributed by atoms with Crippen molar-refractivity contribution in [2.24, 2.45) is 0 Å². The standard InChI is InChI=1S/C13H18FN3/c1-8(2)11-10(14)12(13(3,4)5)16-9-6-7-15-17(9)11/h6-8H,1-5H3. The van der Waals surface area contributed by atoms with Crippen molar-refractivity contribution in [3.63, 3.8) is 0 Å². The van der Waals surface area contributed by atoms with Crippen LogP contribution in [-0.2, 0) is 5.41 Å². The summed E-state index contributed by atoms with van der Waals surface area (Å²) in [5, 5.41) is 4.14. The second kappa shape index (κ2) is 3.79. The molecule has 4 heteroatoms. The van der Waals surface area contributed by atoms with Crippen LogP contribution in [0.15, 0.2) is 12.3 Å². The van der Waals surface area contributed by atoms with Crippen LogP contribution in [0.1, 0.15) is 51.9 Å². The zero-order valence-electron chi connectivity index (χ0n) is 11.0. The Morgan fingerprint density at radius 2 is 1.94 bits per heavy atom. The van der Waals surface area contributed by atoms with Gasteiger partial charge < -0.3 is 0 Å². The topological polar surface area (TPSA) is 30.2 Å². The van der Waals surface area contributed by atoms with E-state index in [-0.39, 0.29) is 17.2 Å². The van der Waals surface area contributed by atoms with E-state index in [9.17, 15) is 4.39 Å². The summed E-state index contributed by atoms with van der Waals surface area (Å²) in [5.74, 6) is -0.162. The lowest BCUT2D eigenvalue weighted by Crippen LogP contribution is -2.20. The molecule has 2 rings (SSSR count). The van der Waals surface area contributed by atoms with Crippen LogP contribution < -0.4 is 0 Å². The smallest absolute Gasteiger partial charge is 0.167 e. The molecule has 0 aliphatic heterocycles. The van der Waals surface area contributed by atoms with Crippen molar-refractivity contribution >= 4 is 5.65 Å². The van der Waals surface area contributed by atoms with Gasteiger partial charge in [0.2, 0.25) is 0 Å².